The topological polar surface area (TPSA) is 55.8 Å². The normalized spacial score (nSPS) is 16.8. The second-order valence-corrected chi connectivity index (χ2v) is 6.15. The van der Waals surface area contributed by atoms with Gasteiger partial charge in [0.05, 0.1) is 13.0 Å². The Morgan fingerprint density at radius 3 is 2.48 bits per heavy atom. The molecule has 0 aliphatic carbocycles. The number of carbonyl (C=O) groups excluding carboxylic acids is 2. The zero-order valence-electron chi connectivity index (χ0n) is 14.3. The first kappa shape index (κ1) is 17.3. The number of methoxy groups -OCH3 is 1. The van der Waals surface area contributed by atoms with Crippen LogP contribution in [0.2, 0.25) is 0 Å². The highest BCUT2D eigenvalue weighted by Crippen LogP contribution is 2.23. The zero-order chi connectivity index (χ0) is 17.0. The molecule has 23 heavy (non-hydrogen) atoms. The molecular formula is C18H25NO4. The summed E-state index contributed by atoms with van der Waals surface area (Å²) in [6.07, 6.45) is 0.758. The van der Waals surface area contributed by atoms with Crippen LogP contribution < -0.4 is 4.74 Å². The summed E-state index contributed by atoms with van der Waals surface area (Å²) < 4.78 is 10.6. The van der Waals surface area contributed by atoms with Crippen LogP contribution in [0.5, 0.6) is 5.75 Å². The molecule has 1 aliphatic heterocycles. The van der Waals surface area contributed by atoms with E-state index in [0.717, 1.165) is 16.9 Å². The molecule has 1 aromatic carbocycles. The van der Waals surface area contributed by atoms with Crippen molar-refractivity contribution in [3.63, 3.8) is 0 Å². The molecule has 5 heteroatoms. The Bertz CT molecular complexity index is 576. The molecule has 1 heterocycles. The van der Waals surface area contributed by atoms with Gasteiger partial charge in [-0.15, -0.1) is 0 Å². The molecule has 0 radical (unpaired) electrons. The molecule has 2 rings (SSSR count). The average molecular weight is 319 g/mol. The van der Waals surface area contributed by atoms with E-state index in [1.165, 1.54) is 7.11 Å². The van der Waals surface area contributed by atoms with Gasteiger partial charge in [0.2, 0.25) is 0 Å². The first-order valence-electron chi connectivity index (χ1n) is 8.03. The third-order valence-electron chi connectivity index (χ3n) is 4.34. The summed E-state index contributed by atoms with van der Waals surface area (Å²) in [4.78, 5) is 25.8. The molecular weight excluding hydrogens is 294 g/mol. The molecule has 0 bridgehead atoms. The number of hydrogen-bond acceptors (Lipinski definition) is 4. The van der Waals surface area contributed by atoms with E-state index >= 15 is 0 Å². The summed E-state index contributed by atoms with van der Waals surface area (Å²) in [6.45, 7) is 6.87. The van der Waals surface area contributed by atoms with Crippen LogP contribution in [0.4, 0.5) is 0 Å². The van der Waals surface area contributed by atoms with Crippen molar-refractivity contribution in [2.45, 2.75) is 39.7 Å². The molecule has 0 saturated carbocycles. The van der Waals surface area contributed by atoms with Gasteiger partial charge in [-0.25, -0.2) is 0 Å². The van der Waals surface area contributed by atoms with Crippen molar-refractivity contribution >= 4 is 11.9 Å². The van der Waals surface area contributed by atoms with Gasteiger partial charge in [0, 0.05) is 13.1 Å². The fraction of sp³-hybridized carbons (Fsp3) is 0.556. The van der Waals surface area contributed by atoms with E-state index in [9.17, 15) is 9.59 Å². The predicted octanol–water partition coefficient (Wildman–Crippen LogP) is 2.48. The number of amides is 1. The smallest absolute Gasteiger partial charge is 0.308 e. The summed E-state index contributed by atoms with van der Waals surface area (Å²) in [7, 11) is 1.40. The van der Waals surface area contributed by atoms with Crippen molar-refractivity contribution in [1.82, 2.24) is 4.90 Å². The van der Waals surface area contributed by atoms with Crippen molar-refractivity contribution < 1.29 is 19.1 Å². The number of rotatable bonds is 4. The van der Waals surface area contributed by atoms with E-state index in [0.29, 0.717) is 25.9 Å². The van der Waals surface area contributed by atoms with Crippen molar-refractivity contribution in [2.24, 2.45) is 5.92 Å². The van der Waals surface area contributed by atoms with Crippen LogP contribution in [-0.4, -0.2) is 43.1 Å². The Balaban J connectivity index is 1.93. The van der Waals surface area contributed by atoms with Crippen LogP contribution in [0.25, 0.3) is 0 Å². The van der Waals surface area contributed by atoms with Gasteiger partial charge in [0.1, 0.15) is 5.75 Å². The number of hydrogen-bond donors (Lipinski definition) is 0. The van der Waals surface area contributed by atoms with Gasteiger partial charge >= 0.3 is 5.97 Å². The lowest BCUT2D eigenvalue weighted by molar-refractivity contribution is -0.150. The van der Waals surface area contributed by atoms with Gasteiger partial charge < -0.3 is 14.4 Å². The fourth-order valence-electron chi connectivity index (χ4n) is 2.83. The minimum Gasteiger partial charge on any atom is -0.481 e. The molecule has 1 aliphatic rings. The van der Waals surface area contributed by atoms with Gasteiger partial charge in [0.25, 0.3) is 5.91 Å². The lowest BCUT2D eigenvalue weighted by Gasteiger charge is -2.32. The largest absolute Gasteiger partial charge is 0.481 e. The van der Waals surface area contributed by atoms with Crippen LogP contribution in [0, 0.1) is 19.8 Å². The number of likely N-dealkylation sites (tertiary alicyclic amines) is 1. The van der Waals surface area contributed by atoms with Gasteiger partial charge in [-0.3, -0.25) is 9.59 Å². The Morgan fingerprint density at radius 1 is 1.22 bits per heavy atom. The number of nitrogens with zero attached hydrogens (tertiary/aromatic N) is 1. The second kappa shape index (κ2) is 7.49. The molecule has 0 spiro atoms. The minimum absolute atomic E-state index is 0.0331. The Hall–Kier alpha value is -2.04. The maximum Gasteiger partial charge on any atom is 0.308 e. The van der Waals surface area contributed by atoms with Gasteiger partial charge in [-0.1, -0.05) is 12.1 Å². The average Bonchev–Trinajstić information content (AvgIpc) is 2.56. The molecule has 1 amide bonds. The van der Waals surface area contributed by atoms with Crippen LogP contribution in [0.1, 0.15) is 30.9 Å². The second-order valence-electron chi connectivity index (χ2n) is 6.15. The number of aryl methyl sites for hydroxylation is 2. The fourth-order valence-corrected chi connectivity index (χ4v) is 2.83. The number of esters is 1. The van der Waals surface area contributed by atoms with E-state index < -0.39 is 6.10 Å². The standard InChI is InChI=1S/C18H25NO4/c1-12-5-6-13(2)16(11-12)23-14(3)17(20)19-9-7-15(8-10-19)18(21)22-4/h5-6,11,14-15H,7-10H2,1-4H3/t14-/m0/s1. The summed E-state index contributed by atoms with van der Waals surface area (Å²) in [5.74, 6) is 0.431. The summed E-state index contributed by atoms with van der Waals surface area (Å²) in [5.41, 5.74) is 2.11. The highest BCUT2D eigenvalue weighted by atomic mass is 16.5. The van der Waals surface area contributed by atoms with Crippen molar-refractivity contribution in [2.75, 3.05) is 20.2 Å². The van der Waals surface area contributed by atoms with Crippen LogP contribution in [0.15, 0.2) is 18.2 Å². The lowest BCUT2D eigenvalue weighted by Crippen LogP contribution is -2.45. The zero-order valence-corrected chi connectivity index (χ0v) is 14.3. The minimum atomic E-state index is -0.537. The maximum atomic E-state index is 12.5. The Morgan fingerprint density at radius 2 is 1.87 bits per heavy atom. The Kier molecular flexibility index (Phi) is 5.64. The van der Waals surface area contributed by atoms with Gasteiger partial charge in [0.15, 0.2) is 6.10 Å². The van der Waals surface area contributed by atoms with Crippen LogP contribution in [0.3, 0.4) is 0 Å². The summed E-state index contributed by atoms with van der Waals surface area (Å²) >= 11 is 0. The molecule has 126 valence electrons. The van der Waals surface area contributed by atoms with E-state index in [4.69, 9.17) is 9.47 Å². The highest BCUT2D eigenvalue weighted by molar-refractivity contribution is 5.81. The maximum absolute atomic E-state index is 12.5. The van der Waals surface area contributed by atoms with E-state index in [1.807, 2.05) is 32.0 Å². The van der Waals surface area contributed by atoms with Crippen molar-refractivity contribution in [1.29, 1.82) is 0 Å². The third-order valence-corrected chi connectivity index (χ3v) is 4.34. The first-order valence-corrected chi connectivity index (χ1v) is 8.03. The molecule has 1 aromatic rings. The highest BCUT2D eigenvalue weighted by Gasteiger charge is 2.30. The number of piperidine rings is 1. The van der Waals surface area contributed by atoms with Gasteiger partial charge in [-0.05, 0) is 50.8 Å². The summed E-state index contributed by atoms with van der Waals surface area (Å²) in [6, 6.07) is 5.96. The molecule has 5 nitrogen and oxygen atoms in total. The first-order chi connectivity index (χ1) is 10.9. The number of ether oxygens (including phenoxy) is 2. The molecule has 0 N–H and O–H groups in total. The van der Waals surface area contributed by atoms with E-state index in [2.05, 4.69) is 0 Å². The molecule has 0 aromatic heterocycles. The van der Waals surface area contributed by atoms with Crippen LogP contribution >= 0.6 is 0 Å². The lowest BCUT2D eigenvalue weighted by atomic mass is 9.97. The van der Waals surface area contributed by atoms with E-state index in [-0.39, 0.29) is 17.8 Å². The predicted molar refractivity (Wildman–Crippen MR) is 87.3 cm³/mol. The van der Waals surface area contributed by atoms with Crippen molar-refractivity contribution in [3.8, 4) is 5.75 Å². The molecule has 1 saturated heterocycles. The molecule has 1 fully saturated rings. The van der Waals surface area contributed by atoms with E-state index in [1.54, 1.807) is 11.8 Å². The van der Waals surface area contributed by atoms with Gasteiger partial charge in [-0.2, -0.15) is 0 Å². The number of carbonyl (C=O) groups is 2. The molecule has 1 atom stereocenters. The molecule has 0 unspecified atom stereocenters. The third kappa shape index (κ3) is 4.24. The quantitative estimate of drug-likeness (QED) is 0.800. The number of benzene rings is 1. The van der Waals surface area contributed by atoms with Crippen molar-refractivity contribution in [3.05, 3.63) is 29.3 Å². The Labute approximate surface area is 137 Å². The summed E-state index contributed by atoms with van der Waals surface area (Å²) in [5, 5.41) is 0. The monoisotopic (exact) mass is 319 g/mol. The SMILES string of the molecule is COC(=O)C1CCN(C(=O)[C@H](C)Oc2cc(C)ccc2C)CC1. The van der Waals surface area contributed by atoms with Crippen LogP contribution in [-0.2, 0) is 14.3 Å².